The summed E-state index contributed by atoms with van der Waals surface area (Å²) < 4.78 is 34.7. The van der Waals surface area contributed by atoms with E-state index in [0.717, 1.165) is 39.0 Å². The molecule has 280 valence electrons. The largest absolute Gasteiger partial charge is 0.506 e. The van der Waals surface area contributed by atoms with Gasteiger partial charge < -0.3 is 14.8 Å². The number of allylic oxidation sites excluding steroid dienone is 5. The fourth-order valence-corrected chi connectivity index (χ4v) is 8.65. The maximum Gasteiger partial charge on any atom is 0.333 e. The number of nitrogens with zero attached hydrogens (tertiary/aromatic N) is 3. The number of amides is 2. The Morgan fingerprint density at radius 1 is 0.907 bits per heavy atom. The van der Waals surface area contributed by atoms with Gasteiger partial charge in [-0.1, -0.05) is 56.3 Å². The zero-order valence-electron chi connectivity index (χ0n) is 30.6. The van der Waals surface area contributed by atoms with Gasteiger partial charge in [0, 0.05) is 66.7 Å². The Balaban J connectivity index is 1.21. The second kappa shape index (κ2) is 13.5. The van der Waals surface area contributed by atoms with E-state index in [4.69, 9.17) is 4.84 Å². The Morgan fingerprint density at radius 2 is 1.59 bits per heavy atom. The highest BCUT2D eigenvalue weighted by atomic mass is 32.2. The third-order valence-electron chi connectivity index (χ3n) is 10.9. The average Bonchev–Trinajstić information content (AvgIpc) is 3.64. The van der Waals surface area contributed by atoms with Crippen molar-refractivity contribution in [3.05, 3.63) is 107 Å². The van der Waals surface area contributed by atoms with Crippen LogP contribution in [0.25, 0.3) is 10.8 Å². The van der Waals surface area contributed by atoms with Crippen LogP contribution in [0.4, 0.5) is 11.4 Å². The van der Waals surface area contributed by atoms with Crippen LogP contribution in [-0.2, 0) is 45.0 Å². The average molecular weight is 753 g/mol. The molecule has 0 unspecified atom stereocenters. The van der Waals surface area contributed by atoms with Crippen LogP contribution in [0, 0.1) is 0 Å². The Labute approximate surface area is 313 Å². The molecule has 13 heteroatoms. The van der Waals surface area contributed by atoms with E-state index in [1.54, 1.807) is 12.2 Å². The molecule has 3 heterocycles. The van der Waals surface area contributed by atoms with Crippen molar-refractivity contribution in [2.45, 2.75) is 70.6 Å². The van der Waals surface area contributed by atoms with Gasteiger partial charge in [-0.2, -0.15) is 13.0 Å². The monoisotopic (exact) mass is 752 g/mol. The third kappa shape index (κ3) is 6.34. The van der Waals surface area contributed by atoms with Crippen molar-refractivity contribution in [2.75, 3.05) is 23.7 Å². The molecule has 1 aliphatic carbocycles. The van der Waals surface area contributed by atoms with Gasteiger partial charge in [0.05, 0.1) is 22.3 Å². The predicted molar refractivity (Wildman–Crippen MR) is 202 cm³/mol. The van der Waals surface area contributed by atoms with Gasteiger partial charge in [-0.05, 0) is 54.8 Å². The van der Waals surface area contributed by atoms with Crippen LogP contribution in [0.3, 0.4) is 0 Å². The molecule has 54 heavy (non-hydrogen) atoms. The van der Waals surface area contributed by atoms with E-state index >= 15 is 0 Å². The van der Waals surface area contributed by atoms with E-state index in [1.807, 2.05) is 97.8 Å². The summed E-state index contributed by atoms with van der Waals surface area (Å²) >= 11 is 0. The van der Waals surface area contributed by atoms with Gasteiger partial charge >= 0.3 is 5.97 Å². The fourth-order valence-electron chi connectivity index (χ4n) is 8.15. The number of Topliss-reactive ketones (excluding diaryl/α,β-unsaturated/α-hetero) is 1. The summed E-state index contributed by atoms with van der Waals surface area (Å²) in [6, 6.07) is 19.7. The van der Waals surface area contributed by atoms with E-state index in [0.29, 0.717) is 23.7 Å². The van der Waals surface area contributed by atoms with Crippen LogP contribution in [0.15, 0.2) is 95.4 Å². The molecule has 0 atom stereocenters. The van der Waals surface area contributed by atoms with E-state index in [9.17, 15) is 37.3 Å². The predicted octanol–water partition coefficient (Wildman–Crippen LogP) is 5.88. The second-order valence-corrected chi connectivity index (χ2v) is 16.7. The Hall–Kier alpha value is -5.40. The number of para-hydroxylation sites is 1. The molecule has 7 rings (SSSR count). The molecule has 2 N–H and O–H groups in total. The van der Waals surface area contributed by atoms with Crippen LogP contribution < -0.4 is 4.90 Å². The number of hydrogen-bond acceptors (Lipinski definition) is 9. The van der Waals surface area contributed by atoms with E-state index in [1.165, 1.54) is 0 Å². The Kier molecular flexibility index (Phi) is 9.21. The van der Waals surface area contributed by atoms with Crippen LogP contribution in [0.1, 0.15) is 70.9 Å². The summed E-state index contributed by atoms with van der Waals surface area (Å²) in [5.41, 5.74) is 4.29. The first-order valence-corrected chi connectivity index (χ1v) is 19.6. The molecule has 0 aromatic heterocycles. The van der Waals surface area contributed by atoms with Gasteiger partial charge in [-0.3, -0.25) is 18.9 Å². The van der Waals surface area contributed by atoms with Crippen molar-refractivity contribution in [3.63, 3.8) is 0 Å². The zero-order valence-corrected chi connectivity index (χ0v) is 31.4. The summed E-state index contributed by atoms with van der Waals surface area (Å²) in [5, 5.41) is 14.1. The molecule has 3 aliphatic heterocycles. The summed E-state index contributed by atoms with van der Waals surface area (Å²) in [6.07, 6.45) is 3.80. The fraction of sp³-hybridized carbons (Fsp3) is 0.341. The molecule has 0 radical (unpaired) electrons. The number of ketones is 1. The SMILES string of the molecule is CC1(C)C(=CC2=C(O)C(=CC3=[N+](CCCS(=O)(=O)O)c4ccc5ccccc5c4C3(C)C)C2=O)N(CCCC(=O)ON2C(=O)CCC2=O)c2ccccc21. The van der Waals surface area contributed by atoms with Gasteiger partial charge in [-0.25, -0.2) is 4.79 Å². The summed E-state index contributed by atoms with van der Waals surface area (Å²) in [6.45, 7) is 8.72. The van der Waals surface area contributed by atoms with Crippen LogP contribution in [0.5, 0.6) is 0 Å². The number of benzene rings is 3. The first kappa shape index (κ1) is 36.9. The lowest BCUT2D eigenvalue weighted by molar-refractivity contribution is -0.437. The molecule has 2 amide bonds. The molecule has 1 fully saturated rings. The standard InChI is InChI=1S/C41H41N3O9S/c1-40(2)29-13-7-8-14-30(29)42(20-9-15-36(47)53-44-34(45)18-19-35(44)46)32(40)23-27-38(48)28(39(27)49)24-33-41(3,4)37-26-12-6-5-11-25(26)16-17-31(37)43(33)21-10-22-54(50,51)52/h5-8,11-14,16-17,23-24H,9-10,15,18-22H2,1-4H3,(H-,48,49,50,51,52)/p+1. The lowest BCUT2D eigenvalue weighted by Crippen LogP contribution is -2.33. The molecule has 3 aromatic carbocycles. The highest BCUT2D eigenvalue weighted by molar-refractivity contribution is 7.85. The number of aliphatic hydroxyl groups excluding tert-OH is 1. The van der Waals surface area contributed by atoms with Crippen molar-refractivity contribution in [2.24, 2.45) is 0 Å². The van der Waals surface area contributed by atoms with Gasteiger partial charge in [0.1, 0.15) is 12.3 Å². The number of carbonyl (C=O) groups excluding carboxylic acids is 4. The molecule has 3 aromatic rings. The number of hydrogen-bond donors (Lipinski definition) is 2. The quantitative estimate of drug-likeness (QED) is 0.105. The summed E-state index contributed by atoms with van der Waals surface area (Å²) in [5.74, 6) is -2.72. The van der Waals surface area contributed by atoms with Crippen LogP contribution >= 0.6 is 0 Å². The maximum atomic E-state index is 14.0. The minimum Gasteiger partial charge on any atom is -0.506 e. The highest BCUT2D eigenvalue weighted by Gasteiger charge is 2.48. The van der Waals surface area contributed by atoms with Gasteiger partial charge in [0.25, 0.3) is 21.9 Å². The van der Waals surface area contributed by atoms with Gasteiger partial charge in [-0.15, -0.1) is 5.06 Å². The molecule has 0 bridgehead atoms. The molecule has 0 saturated carbocycles. The van der Waals surface area contributed by atoms with Crippen molar-refractivity contribution in [1.82, 2.24) is 5.06 Å². The lowest BCUT2D eigenvalue weighted by Gasteiger charge is -2.29. The van der Waals surface area contributed by atoms with Crippen molar-refractivity contribution >= 4 is 61.5 Å². The Morgan fingerprint density at radius 3 is 2.30 bits per heavy atom. The third-order valence-corrected chi connectivity index (χ3v) is 11.7. The first-order chi connectivity index (χ1) is 25.5. The molecule has 12 nitrogen and oxygen atoms in total. The summed E-state index contributed by atoms with van der Waals surface area (Å²) in [4.78, 5) is 57.5. The van der Waals surface area contributed by atoms with Crippen LogP contribution in [-0.4, -0.2) is 75.8 Å². The topological polar surface area (TPSA) is 162 Å². The summed E-state index contributed by atoms with van der Waals surface area (Å²) in [7, 11) is -4.19. The lowest BCUT2D eigenvalue weighted by atomic mass is 9.76. The minimum atomic E-state index is -4.19. The van der Waals surface area contributed by atoms with E-state index in [-0.39, 0.29) is 54.9 Å². The van der Waals surface area contributed by atoms with Crippen LogP contribution in [0.2, 0.25) is 0 Å². The Bertz CT molecular complexity index is 2390. The number of carbonyl (C=O) groups is 4. The van der Waals surface area contributed by atoms with Gasteiger partial charge in [0.15, 0.2) is 5.71 Å². The molecule has 0 spiro atoms. The van der Waals surface area contributed by atoms with Crippen molar-refractivity contribution in [3.8, 4) is 0 Å². The zero-order chi connectivity index (χ0) is 38.7. The number of fused-ring (bicyclic) bond motifs is 4. The number of imide groups is 1. The van der Waals surface area contributed by atoms with E-state index < -0.39 is 44.5 Å². The molecule has 1 saturated heterocycles. The smallest absolute Gasteiger partial charge is 0.333 e. The minimum absolute atomic E-state index is 0.00940. The number of rotatable bonds is 11. The molecular weight excluding hydrogens is 711 g/mol. The molecular formula is C41H42N3O9S+. The van der Waals surface area contributed by atoms with Crippen molar-refractivity contribution < 1.29 is 46.7 Å². The number of aliphatic hydroxyl groups is 1. The number of hydroxylamine groups is 2. The number of anilines is 1. The van der Waals surface area contributed by atoms with Crippen molar-refractivity contribution in [1.29, 1.82) is 0 Å². The highest BCUT2D eigenvalue weighted by Crippen LogP contribution is 2.50. The van der Waals surface area contributed by atoms with E-state index in [2.05, 4.69) is 0 Å². The van der Waals surface area contributed by atoms with Gasteiger partial charge in [0.2, 0.25) is 11.5 Å². The normalized spacial score (nSPS) is 20.4. The molecule has 4 aliphatic rings. The first-order valence-electron chi connectivity index (χ1n) is 18.0. The maximum absolute atomic E-state index is 14.0. The second-order valence-electron chi connectivity index (χ2n) is 15.1.